The Balaban J connectivity index is 1.52. The Morgan fingerprint density at radius 1 is 1.08 bits per heavy atom. The van der Waals surface area contributed by atoms with Gasteiger partial charge in [0.05, 0.1) is 5.56 Å². The Kier molecular flexibility index (Phi) is 4.17. The summed E-state index contributed by atoms with van der Waals surface area (Å²) in [6.45, 7) is 1.71. The second-order valence-electron chi connectivity index (χ2n) is 6.33. The Morgan fingerprint density at radius 3 is 2.62 bits per heavy atom. The van der Waals surface area contributed by atoms with Crippen LogP contribution in [0.5, 0.6) is 5.75 Å². The van der Waals surface area contributed by atoms with Crippen LogP contribution in [0.15, 0.2) is 40.9 Å². The van der Waals surface area contributed by atoms with Crippen LogP contribution in [-0.2, 0) is 11.2 Å². The molecule has 4 rings (SSSR count). The van der Waals surface area contributed by atoms with E-state index in [0.717, 1.165) is 49.7 Å². The highest BCUT2D eigenvalue weighted by Gasteiger charge is 2.17. The van der Waals surface area contributed by atoms with Gasteiger partial charge in [-0.2, -0.15) is 4.98 Å². The predicted octanol–water partition coefficient (Wildman–Crippen LogP) is 3.95. The summed E-state index contributed by atoms with van der Waals surface area (Å²) in [5.41, 5.74) is 0.582. The molecule has 1 saturated heterocycles. The van der Waals surface area contributed by atoms with Gasteiger partial charge in [-0.05, 0) is 48.1 Å². The fraction of sp³-hybridized carbons (Fsp3) is 0.368. The molecular formula is C19H20N2O3. The molecule has 1 aliphatic heterocycles. The first-order valence-electron chi connectivity index (χ1n) is 8.42. The fourth-order valence-corrected chi connectivity index (χ4v) is 3.23. The third-order valence-corrected chi connectivity index (χ3v) is 4.68. The zero-order valence-corrected chi connectivity index (χ0v) is 13.4. The summed E-state index contributed by atoms with van der Waals surface area (Å²) < 4.78 is 10.8. The summed E-state index contributed by atoms with van der Waals surface area (Å²) in [5, 5.41) is 16.4. The van der Waals surface area contributed by atoms with Crippen molar-refractivity contribution in [2.45, 2.75) is 25.7 Å². The topological polar surface area (TPSA) is 68.4 Å². The molecule has 1 aromatic heterocycles. The Morgan fingerprint density at radius 2 is 1.83 bits per heavy atom. The van der Waals surface area contributed by atoms with Gasteiger partial charge >= 0.3 is 0 Å². The lowest BCUT2D eigenvalue weighted by Crippen LogP contribution is -2.16. The third kappa shape index (κ3) is 3.12. The van der Waals surface area contributed by atoms with Crippen LogP contribution in [0.25, 0.3) is 22.2 Å². The minimum absolute atomic E-state index is 0.160. The molecule has 0 bridgehead atoms. The predicted molar refractivity (Wildman–Crippen MR) is 90.8 cm³/mol. The molecule has 0 aliphatic carbocycles. The van der Waals surface area contributed by atoms with Crippen LogP contribution in [0.4, 0.5) is 0 Å². The van der Waals surface area contributed by atoms with E-state index in [4.69, 9.17) is 9.26 Å². The second-order valence-corrected chi connectivity index (χ2v) is 6.33. The van der Waals surface area contributed by atoms with Crippen molar-refractivity contribution in [1.29, 1.82) is 0 Å². The highest BCUT2D eigenvalue weighted by Crippen LogP contribution is 2.32. The summed E-state index contributed by atoms with van der Waals surface area (Å²) in [4.78, 5) is 4.46. The number of hydrogen-bond donors (Lipinski definition) is 1. The van der Waals surface area contributed by atoms with Crippen molar-refractivity contribution < 1.29 is 14.4 Å². The van der Waals surface area contributed by atoms with Crippen LogP contribution in [0.3, 0.4) is 0 Å². The maximum absolute atomic E-state index is 10.3. The smallest absolute Gasteiger partial charge is 0.261 e. The van der Waals surface area contributed by atoms with Gasteiger partial charge in [0, 0.05) is 19.6 Å². The lowest BCUT2D eigenvalue weighted by molar-refractivity contribution is 0.0638. The highest BCUT2D eigenvalue weighted by molar-refractivity contribution is 5.89. The fourth-order valence-electron chi connectivity index (χ4n) is 3.23. The van der Waals surface area contributed by atoms with E-state index in [1.165, 1.54) is 0 Å². The number of benzene rings is 2. The van der Waals surface area contributed by atoms with Gasteiger partial charge in [0.15, 0.2) is 5.82 Å². The molecule has 124 valence electrons. The first kappa shape index (κ1) is 15.1. The van der Waals surface area contributed by atoms with Crippen molar-refractivity contribution in [2.75, 3.05) is 13.2 Å². The van der Waals surface area contributed by atoms with Gasteiger partial charge < -0.3 is 14.4 Å². The van der Waals surface area contributed by atoms with Gasteiger partial charge in [-0.1, -0.05) is 29.4 Å². The standard InChI is InChI=1S/C19H20N2O3/c22-17-12-15-4-2-1-3-14(15)11-16(17)19-20-18(21-24-19)6-5-13-7-9-23-10-8-13/h1-4,11-13,22H,5-10H2. The van der Waals surface area contributed by atoms with E-state index in [1.54, 1.807) is 6.07 Å². The number of phenolic OH excluding ortho intramolecular Hbond substituents is 1. The number of ether oxygens (including phenoxy) is 1. The normalized spacial score (nSPS) is 15.8. The van der Waals surface area contributed by atoms with Crippen molar-refractivity contribution >= 4 is 10.8 Å². The van der Waals surface area contributed by atoms with Gasteiger partial charge in [0.1, 0.15) is 5.75 Å². The number of phenols is 1. The summed E-state index contributed by atoms with van der Waals surface area (Å²) in [6.07, 6.45) is 4.06. The number of nitrogens with zero attached hydrogens (tertiary/aromatic N) is 2. The lowest BCUT2D eigenvalue weighted by Gasteiger charge is -2.20. The number of aromatic nitrogens is 2. The number of aryl methyl sites for hydroxylation is 1. The van der Waals surface area contributed by atoms with Crippen LogP contribution in [0.2, 0.25) is 0 Å². The van der Waals surface area contributed by atoms with E-state index in [-0.39, 0.29) is 5.75 Å². The van der Waals surface area contributed by atoms with E-state index in [2.05, 4.69) is 10.1 Å². The van der Waals surface area contributed by atoms with E-state index in [9.17, 15) is 5.11 Å². The van der Waals surface area contributed by atoms with Crippen LogP contribution in [0.1, 0.15) is 25.1 Å². The molecule has 2 aromatic carbocycles. The van der Waals surface area contributed by atoms with Gasteiger partial charge in [-0.3, -0.25) is 0 Å². The van der Waals surface area contributed by atoms with Crippen LogP contribution in [0, 0.1) is 5.92 Å². The Bertz CT molecular complexity index is 837. The third-order valence-electron chi connectivity index (χ3n) is 4.68. The molecular weight excluding hydrogens is 304 g/mol. The number of rotatable bonds is 4. The van der Waals surface area contributed by atoms with Crippen molar-refractivity contribution in [3.8, 4) is 17.2 Å². The zero-order chi connectivity index (χ0) is 16.4. The molecule has 0 radical (unpaired) electrons. The maximum atomic E-state index is 10.3. The molecule has 5 heteroatoms. The number of hydrogen-bond acceptors (Lipinski definition) is 5. The molecule has 0 amide bonds. The van der Waals surface area contributed by atoms with E-state index < -0.39 is 0 Å². The average Bonchev–Trinajstić information content (AvgIpc) is 3.09. The SMILES string of the molecule is Oc1cc2ccccc2cc1-c1nc(CCC2CCOCC2)no1. The van der Waals surface area contributed by atoms with Gasteiger partial charge in [0.2, 0.25) is 0 Å². The molecule has 1 fully saturated rings. The Labute approximate surface area is 140 Å². The summed E-state index contributed by atoms with van der Waals surface area (Å²) in [7, 11) is 0. The maximum Gasteiger partial charge on any atom is 0.261 e. The first-order valence-corrected chi connectivity index (χ1v) is 8.42. The van der Waals surface area contributed by atoms with Crippen LogP contribution >= 0.6 is 0 Å². The molecule has 0 spiro atoms. The minimum Gasteiger partial charge on any atom is -0.507 e. The van der Waals surface area contributed by atoms with Crippen molar-refractivity contribution in [2.24, 2.45) is 5.92 Å². The Hall–Kier alpha value is -2.40. The number of fused-ring (bicyclic) bond motifs is 1. The molecule has 24 heavy (non-hydrogen) atoms. The quantitative estimate of drug-likeness (QED) is 0.787. The zero-order valence-electron chi connectivity index (χ0n) is 13.4. The molecule has 3 aromatic rings. The molecule has 0 saturated carbocycles. The van der Waals surface area contributed by atoms with Crippen LogP contribution in [-0.4, -0.2) is 28.5 Å². The summed E-state index contributed by atoms with van der Waals surface area (Å²) in [6, 6.07) is 11.5. The summed E-state index contributed by atoms with van der Waals surface area (Å²) in [5.74, 6) is 1.91. The van der Waals surface area contributed by atoms with Gasteiger partial charge in [0.25, 0.3) is 5.89 Å². The molecule has 5 nitrogen and oxygen atoms in total. The van der Waals surface area contributed by atoms with Crippen molar-refractivity contribution in [3.63, 3.8) is 0 Å². The number of aromatic hydroxyl groups is 1. The first-order chi connectivity index (χ1) is 11.8. The van der Waals surface area contributed by atoms with E-state index in [0.29, 0.717) is 23.2 Å². The molecule has 0 atom stereocenters. The highest BCUT2D eigenvalue weighted by atomic mass is 16.5. The molecule has 1 aliphatic rings. The van der Waals surface area contributed by atoms with Crippen LogP contribution < -0.4 is 0 Å². The molecule has 2 heterocycles. The van der Waals surface area contributed by atoms with Crippen molar-refractivity contribution in [1.82, 2.24) is 10.1 Å². The van der Waals surface area contributed by atoms with Crippen molar-refractivity contribution in [3.05, 3.63) is 42.2 Å². The van der Waals surface area contributed by atoms with E-state index in [1.807, 2.05) is 30.3 Å². The second kappa shape index (κ2) is 6.61. The lowest BCUT2D eigenvalue weighted by atomic mass is 9.95. The van der Waals surface area contributed by atoms with Gasteiger partial charge in [-0.25, -0.2) is 0 Å². The molecule has 0 unspecified atom stereocenters. The monoisotopic (exact) mass is 324 g/mol. The summed E-state index contributed by atoms with van der Waals surface area (Å²) >= 11 is 0. The van der Waals surface area contributed by atoms with E-state index >= 15 is 0 Å². The largest absolute Gasteiger partial charge is 0.507 e. The average molecular weight is 324 g/mol. The minimum atomic E-state index is 0.160. The van der Waals surface area contributed by atoms with Gasteiger partial charge in [-0.15, -0.1) is 0 Å². The molecule has 1 N–H and O–H groups in total.